The molecule has 7 heteroatoms. The van der Waals surface area contributed by atoms with Gasteiger partial charge in [-0.2, -0.15) is 0 Å². The Balaban J connectivity index is 1.84. The lowest BCUT2D eigenvalue weighted by Gasteiger charge is -2.18. The lowest BCUT2D eigenvalue weighted by atomic mass is 9.96. The van der Waals surface area contributed by atoms with Crippen LogP contribution in [-0.2, 0) is 12.1 Å². The second-order valence-electron chi connectivity index (χ2n) is 6.78. The second kappa shape index (κ2) is 7.81. The zero-order valence-electron chi connectivity index (χ0n) is 15.0. The average molecular weight is 350 g/mol. The molecule has 24 heavy (non-hydrogen) atoms. The number of benzene rings is 1. The highest BCUT2D eigenvalue weighted by Gasteiger charge is 2.18. The molecule has 2 rings (SSSR count). The Kier molecular flexibility index (Phi) is 6.01. The fourth-order valence-electron chi connectivity index (χ4n) is 2.09. The van der Waals surface area contributed by atoms with Crippen molar-refractivity contribution in [1.82, 2.24) is 19.7 Å². The topological polar surface area (TPSA) is 55.3 Å². The molecule has 0 unspecified atom stereocenters. The van der Waals surface area contributed by atoms with Gasteiger partial charge in [0.05, 0.1) is 13.8 Å². The van der Waals surface area contributed by atoms with E-state index in [0.717, 1.165) is 23.9 Å². The number of likely N-dealkylation sites (N-methyl/N-ethyl adjacent to an activating group) is 1. The summed E-state index contributed by atoms with van der Waals surface area (Å²) in [5.41, 5.74) is -0.0468. The Bertz CT molecular complexity index is 701. The maximum Gasteiger partial charge on any atom is 0.217 e. The van der Waals surface area contributed by atoms with E-state index >= 15 is 0 Å². The maximum absolute atomic E-state index is 5.75. The third-order valence-corrected chi connectivity index (χ3v) is 3.89. The van der Waals surface area contributed by atoms with Gasteiger partial charge in [0.2, 0.25) is 4.77 Å². The van der Waals surface area contributed by atoms with Crippen LogP contribution >= 0.6 is 12.2 Å². The summed E-state index contributed by atoms with van der Waals surface area (Å²) in [6.07, 6.45) is 0. The summed E-state index contributed by atoms with van der Waals surface area (Å²) in [5, 5.41) is 3.28. The normalized spacial score (nSPS) is 11.8. The van der Waals surface area contributed by atoms with E-state index < -0.39 is 0 Å². The van der Waals surface area contributed by atoms with Crippen molar-refractivity contribution >= 4 is 12.2 Å². The quantitative estimate of drug-likeness (QED) is 0.777. The van der Waals surface area contributed by atoms with Gasteiger partial charge >= 0.3 is 0 Å². The number of nitrogens with zero attached hydrogens (tertiary/aromatic N) is 3. The summed E-state index contributed by atoms with van der Waals surface area (Å²) in [6.45, 7) is 8.34. The van der Waals surface area contributed by atoms with Gasteiger partial charge in [0, 0.05) is 12.0 Å². The highest BCUT2D eigenvalue weighted by atomic mass is 32.1. The summed E-state index contributed by atoms with van der Waals surface area (Å²) < 4.78 is 13.3. The zero-order chi connectivity index (χ0) is 17.7. The molecule has 0 saturated carbocycles. The molecule has 1 aromatic heterocycles. The monoisotopic (exact) mass is 350 g/mol. The maximum atomic E-state index is 5.75. The van der Waals surface area contributed by atoms with Gasteiger partial charge in [0.25, 0.3) is 0 Å². The predicted octanol–water partition coefficient (Wildman–Crippen LogP) is 3.22. The number of rotatable bonds is 7. The van der Waals surface area contributed by atoms with Crippen LogP contribution in [0.25, 0.3) is 0 Å². The van der Waals surface area contributed by atoms with Gasteiger partial charge in [-0.3, -0.25) is 10.00 Å². The van der Waals surface area contributed by atoms with Crippen LogP contribution in [0.1, 0.15) is 26.6 Å². The van der Waals surface area contributed by atoms with Gasteiger partial charge in [0.1, 0.15) is 23.9 Å². The van der Waals surface area contributed by atoms with Gasteiger partial charge in [-0.25, -0.2) is 9.67 Å². The van der Waals surface area contributed by atoms with Crippen LogP contribution in [0, 0.1) is 4.77 Å². The number of ether oxygens (including phenoxy) is 2. The summed E-state index contributed by atoms with van der Waals surface area (Å²) >= 11 is 5.32. The van der Waals surface area contributed by atoms with Crippen molar-refractivity contribution in [3.63, 3.8) is 0 Å². The van der Waals surface area contributed by atoms with E-state index in [2.05, 4.69) is 35.8 Å². The summed E-state index contributed by atoms with van der Waals surface area (Å²) in [7, 11) is 3.67. The molecule has 0 radical (unpaired) electrons. The van der Waals surface area contributed by atoms with Gasteiger partial charge in [-0.15, -0.1) is 0 Å². The van der Waals surface area contributed by atoms with Crippen LogP contribution in [0.3, 0.4) is 0 Å². The minimum Gasteiger partial charge on any atom is -0.497 e. The smallest absolute Gasteiger partial charge is 0.217 e. The van der Waals surface area contributed by atoms with Crippen LogP contribution in [0.15, 0.2) is 24.3 Å². The van der Waals surface area contributed by atoms with E-state index in [4.69, 9.17) is 21.7 Å². The zero-order valence-corrected chi connectivity index (χ0v) is 15.8. The third-order valence-electron chi connectivity index (χ3n) is 3.57. The third kappa shape index (κ3) is 5.07. The van der Waals surface area contributed by atoms with Gasteiger partial charge in [-0.1, -0.05) is 20.8 Å². The molecule has 0 spiro atoms. The van der Waals surface area contributed by atoms with Crippen LogP contribution in [0.2, 0.25) is 0 Å². The lowest BCUT2D eigenvalue weighted by molar-refractivity contribution is 0.197. The first-order valence-electron chi connectivity index (χ1n) is 7.92. The van der Waals surface area contributed by atoms with Crippen molar-refractivity contribution in [2.45, 2.75) is 32.9 Å². The molecular weight excluding hydrogens is 324 g/mol. The Morgan fingerprint density at radius 3 is 2.38 bits per heavy atom. The molecule has 1 aromatic carbocycles. The van der Waals surface area contributed by atoms with Crippen LogP contribution in [-0.4, -0.2) is 47.0 Å². The van der Waals surface area contributed by atoms with Crippen molar-refractivity contribution in [2.24, 2.45) is 0 Å². The van der Waals surface area contributed by atoms with E-state index in [9.17, 15) is 0 Å². The molecule has 0 bridgehead atoms. The lowest BCUT2D eigenvalue weighted by Crippen LogP contribution is -2.27. The van der Waals surface area contributed by atoms with Crippen molar-refractivity contribution < 1.29 is 9.47 Å². The van der Waals surface area contributed by atoms with Crippen molar-refractivity contribution in [3.8, 4) is 11.5 Å². The van der Waals surface area contributed by atoms with E-state index in [-0.39, 0.29) is 5.41 Å². The van der Waals surface area contributed by atoms with Gasteiger partial charge < -0.3 is 9.47 Å². The molecule has 0 aliphatic carbocycles. The first-order chi connectivity index (χ1) is 11.3. The molecule has 1 N–H and O–H groups in total. The minimum atomic E-state index is -0.0468. The molecular formula is C17H26N4O2S. The number of H-pyrrole nitrogens is 1. The van der Waals surface area contributed by atoms with Gasteiger partial charge in [0.15, 0.2) is 0 Å². The molecule has 0 fully saturated rings. The largest absolute Gasteiger partial charge is 0.497 e. The molecule has 2 aromatic rings. The molecule has 6 nitrogen and oxygen atoms in total. The minimum absolute atomic E-state index is 0.0468. The second-order valence-corrected chi connectivity index (χ2v) is 7.14. The van der Waals surface area contributed by atoms with Crippen molar-refractivity contribution in [3.05, 3.63) is 34.9 Å². The number of hydrogen-bond acceptors (Lipinski definition) is 5. The summed E-state index contributed by atoms with van der Waals surface area (Å²) in [6, 6.07) is 7.58. The predicted molar refractivity (Wildman–Crippen MR) is 97.2 cm³/mol. The Morgan fingerprint density at radius 1 is 1.21 bits per heavy atom. The number of aromatic nitrogens is 3. The molecule has 132 valence electrons. The van der Waals surface area contributed by atoms with Crippen LogP contribution < -0.4 is 9.47 Å². The number of aromatic amines is 1. The first kappa shape index (κ1) is 18.5. The van der Waals surface area contributed by atoms with E-state index in [0.29, 0.717) is 18.0 Å². The van der Waals surface area contributed by atoms with E-state index in [1.54, 1.807) is 7.11 Å². The van der Waals surface area contributed by atoms with Crippen molar-refractivity contribution in [1.29, 1.82) is 0 Å². The van der Waals surface area contributed by atoms with Gasteiger partial charge in [-0.05, 0) is 43.5 Å². The number of hydrogen-bond donors (Lipinski definition) is 1. The fourth-order valence-corrected chi connectivity index (χ4v) is 2.29. The average Bonchev–Trinajstić information content (AvgIpc) is 2.89. The highest BCUT2D eigenvalue weighted by Crippen LogP contribution is 2.18. The molecule has 0 atom stereocenters. The molecule has 0 aliphatic heterocycles. The van der Waals surface area contributed by atoms with Crippen LogP contribution in [0.5, 0.6) is 11.5 Å². The number of nitrogens with one attached hydrogen (secondary N) is 1. The number of methoxy groups -OCH3 is 1. The molecule has 0 aliphatic rings. The molecule has 1 heterocycles. The van der Waals surface area contributed by atoms with Crippen LogP contribution in [0.4, 0.5) is 0 Å². The van der Waals surface area contributed by atoms with Crippen molar-refractivity contribution in [2.75, 3.05) is 27.3 Å². The fraction of sp³-hybridized carbons (Fsp3) is 0.529. The molecule has 0 saturated heterocycles. The Labute approximate surface area is 148 Å². The Hall–Kier alpha value is -1.86. The Morgan fingerprint density at radius 2 is 1.83 bits per heavy atom. The molecule has 0 amide bonds. The first-order valence-corrected chi connectivity index (χ1v) is 8.33. The highest BCUT2D eigenvalue weighted by molar-refractivity contribution is 7.71. The summed E-state index contributed by atoms with van der Waals surface area (Å²) in [5.74, 6) is 2.55. The summed E-state index contributed by atoms with van der Waals surface area (Å²) in [4.78, 5) is 6.56. The SMILES string of the molecule is COc1ccc(OCCN(C)Cn2[nH]c(C(C)(C)C)nc2=S)cc1. The van der Waals surface area contributed by atoms with E-state index in [1.807, 2.05) is 36.0 Å². The van der Waals surface area contributed by atoms with E-state index in [1.165, 1.54) is 0 Å². The standard InChI is InChI=1S/C17H26N4O2S/c1-17(2,3)15-18-16(24)21(19-15)12-20(4)10-11-23-14-8-6-13(22-5)7-9-14/h6-9H,10-12H2,1-5H3,(H,18,19,24).